The summed E-state index contributed by atoms with van der Waals surface area (Å²) in [6.07, 6.45) is 0. The molecule has 0 aliphatic rings. The summed E-state index contributed by atoms with van der Waals surface area (Å²) in [5.74, 6) is 0.444. The van der Waals surface area contributed by atoms with E-state index < -0.39 is 5.60 Å². The largest absolute Gasteiger partial charge is 0.480 e. The smallest absolute Gasteiger partial charge is 0.232 e. The van der Waals surface area contributed by atoms with Gasteiger partial charge in [-0.3, -0.25) is 0 Å². The van der Waals surface area contributed by atoms with E-state index in [1.54, 1.807) is 6.92 Å². The minimum Gasteiger partial charge on any atom is -0.480 e. The molecule has 1 aromatic heterocycles. The zero-order valence-electron chi connectivity index (χ0n) is 9.44. The first-order valence-corrected chi connectivity index (χ1v) is 5.39. The molecule has 15 heavy (non-hydrogen) atoms. The van der Waals surface area contributed by atoms with Gasteiger partial charge in [-0.15, -0.1) is 0 Å². The molecule has 1 atom stereocenters. The standard InChI is InChI=1S/C9H17N3O2S/c1-9(13,5-10)6-7(14-4)11-8(15-6)12(2)3/h13H,5,10H2,1-4H3. The highest BCUT2D eigenvalue weighted by Crippen LogP contribution is 2.37. The van der Waals surface area contributed by atoms with Gasteiger partial charge in [-0.25, -0.2) is 0 Å². The third-order valence-electron chi connectivity index (χ3n) is 2.05. The van der Waals surface area contributed by atoms with Crippen LogP contribution in [-0.4, -0.2) is 37.8 Å². The molecule has 1 rings (SSSR count). The molecule has 1 heterocycles. The van der Waals surface area contributed by atoms with E-state index in [4.69, 9.17) is 10.5 Å². The van der Waals surface area contributed by atoms with Crippen LogP contribution in [0.5, 0.6) is 5.88 Å². The van der Waals surface area contributed by atoms with E-state index in [0.717, 1.165) is 5.13 Å². The summed E-state index contributed by atoms with van der Waals surface area (Å²) >= 11 is 1.38. The third kappa shape index (κ3) is 2.39. The predicted molar refractivity (Wildman–Crippen MR) is 61.6 cm³/mol. The Morgan fingerprint density at radius 3 is 2.60 bits per heavy atom. The molecule has 0 fully saturated rings. The maximum Gasteiger partial charge on any atom is 0.232 e. The normalized spacial score (nSPS) is 14.8. The number of rotatable bonds is 4. The average molecular weight is 231 g/mol. The van der Waals surface area contributed by atoms with Crippen molar-refractivity contribution < 1.29 is 9.84 Å². The fourth-order valence-electron chi connectivity index (χ4n) is 1.06. The molecule has 0 radical (unpaired) electrons. The van der Waals surface area contributed by atoms with Gasteiger partial charge in [0.25, 0.3) is 0 Å². The highest BCUT2D eigenvalue weighted by Gasteiger charge is 2.29. The minimum atomic E-state index is -1.09. The number of nitrogens with zero attached hydrogens (tertiary/aromatic N) is 2. The molecular weight excluding hydrogens is 214 g/mol. The molecule has 0 spiro atoms. The number of methoxy groups -OCH3 is 1. The number of anilines is 1. The molecule has 1 unspecified atom stereocenters. The Morgan fingerprint density at radius 2 is 2.20 bits per heavy atom. The first-order valence-electron chi connectivity index (χ1n) is 4.57. The number of nitrogens with two attached hydrogens (primary N) is 1. The van der Waals surface area contributed by atoms with Crippen LogP contribution in [0.3, 0.4) is 0 Å². The van der Waals surface area contributed by atoms with Gasteiger partial charge >= 0.3 is 0 Å². The summed E-state index contributed by atoms with van der Waals surface area (Å²) in [7, 11) is 5.31. The zero-order valence-corrected chi connectivity index (χ0v) is 10.3. The van der Waals surface area contributed by atoms with E-state index in [0.29, 0.717) is 10.8 Å². The van der Waals surface area contributed by atoms with Gasteiger partial charge < -0.3 is 20.5 Å². The second-order valence-corrected chi connectivity index (χ2v) is 4.68. The van der Waals surface area contributed by atoms with Crippen molar-refractivity contribution in [3.05, 3.63) is 4.88 Å². The molecule has 0 aliphatic carbocycles. The molecule has 0 saturated heterocycles. The second-order valence-electron chi connectivity index (χ2n) is 3.71. The SMILES string of the molecule is COc1nc(N(C)C)sc1C(C)(O)CN. The van der Waals surface area contributed by atoms with Gasteiger partial charge in [-0.1, -0.05) is 11.3 Å². The summed E-state index contributed by atoms with van der Waals surface area (Å²) in [5, 5.41) is 10.8. The van der Waals surface area contributed by atoms with E-state index >= 15 is 0 Å². The van der Waals surface area contributed by atoms with Gasteiger partial charge in [0.05, 0.1) is 7.11 Å². The van der Waals surface area contributed by atoms with Crippen LogP contribution in [0.15, 0.2) is 0 Å². The van der Waals surface area contributed by atoms with Gasteiger partial charge in [0.1, 0.15) is 10.5 Å². The van der Waals surface area contributed by atoms with Crippen LogP contribution < -0.4 is 15.4 Å². The number of hydrogen-bond acceptors (Lipinski definition) is 6. The molecule has 0 bridgehead atoms. The molecule has 0 saturated carbocycles. The first-order chi connectivity index (χ1) is 6.92. The topological polar surface area (TPSA) is 71.6 Å². The van der Waals surface area contributed by atoms with E-state index in [1.165, 1.54) is 18.4 Å². The molecular formula is C9H17N3O2S. The van der Waals surface area contributed by atoms with Gasteiger partial charge in [0.2, 0.25) is 5.88 Å². The van der Waals surface area contributed by atoms with Gasteiger partial charge in [-0.05, 0) is 6.92 Å². The fourth-order valence-corrected chi connectivity index (χ4v) is 2.07. The Bertz CT molecular complexity index is 336. The molecule has 0 aromatic carbocycles. The van der Waals surface area contributed by atoms with Gasteiger partial charge in [-0.2, -0.15) is 4.98 Å². The Labute approximate surface area is 93.5 Å². The quantitative estimate of drug-likeness (QED) is 0.784. The van der Waals surface area contributed by atoms with E-state index in [9.17, 15) is 5.11 Å². The fraction of sp³-hybridized carbons (Fsp3) is 0.667. The first kappa shape index (κ1) is 12.2. The lowest BCUT2D eigenvalue weighted by Crippen LogP contribution is -2.30. The van der Waals surface area contributed by atoms with Crippen molar-refractivity contribution >= 4 is 16.5 Å². The molecule has 0 amide bonds. The Kier molecular flexibility index (Phi) is 3.54. The van der Waals surface area contributed by atoms with E-state index in [1.807, 2.05) is 19.0 Å². The van der Waals surface area contributed by atoms with E-state index in [2.05, 4.69) is 4.98 Å². The lowest BCUT2D eigenvalue weighted by atomic mass is 10.1. The van der Waals surface area contributed by atoms with Crippen molar-refractivity contribution in [1.29, 1.82) is 0 Å². The van der Waals surface area contributed by atoms with Crippen molar-refractivity contribution in [3.8, 4) is 5.88 Å². The Morgan fingerprint density at radius 1 is 1.60 bits per heavy atom. The summed E-state index contributed by atoms with van der Waals surface area (Å²) < 4.78 is 5.12. The Balaban J connectivity index is 3.16. The summed E-state index contributed by atoms with van der Waals surface area (Å²) in [6, 6.07) is 0. The number of aromatic nitrogens is 1. The molecule has 0 aliphatic heterocycles. The third-order valence-corrected chi connectivity index (χ3v) is 3.50. The van der Waals surface area contributed by atoms with Crippen LogP contribution >= 0.6 is 11.3 Å². The maximum absolute atomic E-state index is 10.0. The highest BCUT2D eigenvalue weighted by atomic mass is 32.1. The second kappa shape index (κ2) is 4.34. The summed E-state index contributed by atoms with van der Waals surface area (Å²) in [4.78, 5) is 6.78. The van der Waals surface area contributed by atoms with Crippen molar-refractivity contribution in [1.82, 2.24) is 4.98 Å². The van der Waals surface area contributed by atoms with Gasteiger partial charge in [0.15, 0.2) is 5.13 Å². The summed E-state index contributed by atoms with van der Waals surface area (Å²) in [5.41, 5.74) is 4.42. The van der Waals surface area contributed by atoms with Crippen LogP contribution in [-0.2, 0) is 5.60 Å². The lowest BCUT2D eigenvalue weighted by molar-refractivity contribution is 0.0677. The number of aliphatic hydroxyl groups is 1. The van der Waals surface area contributed by atoms with Crippen LogP contribution in [0.25, 0.3) is 0 Å². The Hall–Kier alpha value is -0.850. The predicted octanol–water partition coefficient (Wildman–Crippen LogP) is 0.384. The molecule has 86 valence electrons. The zero-order chi connectivity index (χ0) is 11.6. The van der Waals surface area contributed by atoms with Gasteiger partial charge in [0, 0.05) is 20.6 Å². The maximum atomic E-state index is 10.0. The molecule has 1 aromatic rings. The number of ether oxygens (including phenoxy) is 1. The summed E-state index contributed by atoms with van der Waals surface area (Å²) in [6.45, 7) is 1.79. The van der Waals surface area contributed by atoms with Crippen molar-refractivity contribution in [2.45, 2.75) is 12.5 Å². The highest BCUT2D eigenvalue weighted by molar-refractivity contribution is 7.16. The lowest BCUT2D eigenvalue weighted by Gasteiger charge is -2.19. The van der Waals surface area contributed by atoms with Crippen LogP contribution in [0.1, 0.15) is 11.8 Å². The van der Waals surface area contributed by atoms with Crippen LogP contribution in [0.2, 0.25) is 0 Å². The van der Waals surface area contributed by atoms with Crippen molar-refractivity contribution in [3.63, 3.8) is 0 Å². The van der Waals surface area contributed by atoms with Crippen LogP contribution in [0.4, 0.5) is 5.13 Å². The van der Waals surface area contributed by atoms with Crippen LogP contribution in [0, 0.1) is 0 Å². The van der Waals surface area contributed by atoms with Crippen molar-refractivity contribution in [2.24, 2.45) is 5.73 Å². The minimum absolute atomic E-state index is 0.137. The van der Waals surface area contributed by atoms with Crippen molar-refractivity contribution in [2.75, 3.05) is 32.6 Å². The number of hydrogen-bond donors (Lipinski definition) is 2. The van der Waals surface area contributed by atoms with E-state index in [-0.39, 0.29) is 6.54 Å². The number of thiazole rings is 1. The molecule has 5 nitrogen and oxygen atoms in total. The average Bonchev–Trinajstić information content (AvgIpc) is 2.62. The molecule has 6 heteroatoms. The molecule has 3 N–H and O–H groups in total. The monoisotopic (exact) mass is 231 g/mol.